The van der Waals surface area contributed by atoms with E-state index in [1.54, 1.807) is 11.9 Å². The fourth-order valence-corrected chi connectivity index (χ4v) is 1.81. The van der Waals surface area contributed by atoms with Crippen molar-refractivity contribution in [3.8, 4) is 0 Å². The van der Waals surface area contributed by atoms with E-state index in [1.165, 1.54) is 12.8 Å². The number of carboxylic acids is 1. The van der Waals surface area contributed by atoms with Crippen LogP contribution in [-0.2, 0) is 4.79 Å². The van der Waals surface area contributed by atoms with Crippen LogP contribution in [0.15, 0.2) is 0 Å². The molecule has 0 atom stereocenters. The van der Waals surface area contributed by atoms with E-state index >= 15 is 0 Å². The molecular formula is C11H21N3O3. The lowest BCUT2D eigenvalue weighted by Gasteiger charge is -2.21. The van der Waals surface area contributed by atoms with Gasteiger partial charge in [-0.25, -0.2) is 4.79 Å². The van der Waals surface area contributed by atoms with Crippen molar-refractivity contribution in [1.29, 1.82) is 0 Å². The maximum absolute atomic E-state index is 11.5. The van der Waals surface area contributed by atoms with Gasteiger partial charge in [-0.15, -0.1) is 0 Å². The van der Waals surface area contributed by atoms with Crippen LogP contribution in [0, 0.1) is 0 Å². The standard InChI is InChI=1S/C11H21N3O3/c1-13(8-9-14-6-2-3-7-14)11(17)12-5-4-10(15)16/h2-9H2,1H3,(H,12,17)(H,15,16). The Labute approximate surface area is 102 Å². The average molecular weight is 243 g/mol. The largest absolute Gasteiger partial charge is 0.481 e. The number of urea groups is 1. The Morgan fingerprint density at radius 1 is 1.35 bits per heavy atom. The molecule has 0 bridgehead atoms. The molecule has 2 amide bonds. The van der Waals surface area contributed by atoms with Crippen LogP contribution in [0.25, 0.3) is 0 Å². The van der Waals surface area contributed by atoms with Gasteiger partial charge < -0.3 is 20.2 Å². The summed E-state index contributed by atoms with van der Waals surface area (Å²) in [5.74, 6) is -0.898. The molecule has 17 heavy (non-hydrogen) atoms. The summed E-state index contributed by atoms with van der Waals surface area (Å²) in [5, 5.41) is 11.0. The zero-order valence-electron chi connectivity index (χ0n) is 10.3. The second-order valence-electron chi connectivity index (χ2n) is 4.35. The number of nitrogens with zero attached hydrogens (tertiary/aromatic N) is 2. The lowest BCUT2D eigenvalue weighted by Crippen LogP contribution is -2.41. The Kier molecular flexibility index (Phi) is 5.76. The Morgan fingerprint density at radius 2 is 2.00 bits per heavy atom. The summed E-state index contributed by atoms with van der Waals surface area (Å²) < 4.78 is 0. The maximum Gasteiger partial charge on any atom is 0.317 e. The van der Waals surface area contributed by atoms with Gasteiger partial charge in [0, 0.05) is 26.7 Å². The first-order valence-corrected chi connectivity index (χ1v) is 6.02. The highest BCUT2D eigenvalue weighted by molar-refractivity contribution is 5.74. The van der Waals surface area contributed by atoms with Gasteiger partial charge in [0.05, 0.1) is 6.42 Å². The van der Waals surface area contributed by atoms with Crippen molar-refractivity contribution in [2.24, 2.45) is 0 Å². The molecule has 1 fully saturated rings. The number of rotatable bonds is 6. The fraction of sp³-hybridized carbons (Fsp3) is 0.818. The molecule has 0 spiro atoms. The topological polar surface area (TPSA) is 72.9 Å². The number of nitrogens with one attached hydrogen (secondary N) is 1. The highest BCUT2D eigenvalue weighted by atomic mass is 16.4. The Bertz CT molecular complexity index is 265. The van der Waals surface area contributed by atoms with E-state index in [-0.39, 0.29) is 19.0 Å². The summed E-state index contributed by atoms with van der Waals surface area (Å²) in [6, 6.07) is -0.203. The van der Waals surface area contributed by atoms with E-state index in [1.807, 2.05) is 0 Å². The second kappa shape index (κ2) is 7.11. The van der Waals surface area contributed by atoms with Crippen molar-refractivity contribution in [1.82, 2.24) is 15.1 Å². The summed E-state index contributed by atoms with van der Waals surface area (Å²) in [6.07, 6.45) is 2.45. The molecule has 0 aromatic carbocycles. The van der Waals surface area contributed by atoms with E-state index < -0.39 is 5.97 Å². The summed E-state index contributed by atoms with van der Waals surface area (Å²) in [6.45, 7) is 3.99. The molecule has 6 heteroatoms. The number of aliphatic carboxylic acids is 1. The van der Waals surface area contributed by atoms with Gasteiger partial charge in [-0.3, -0.25) is 4.79 Å². The minimum Gasteiger partial charge on any atom is -0.481 e. The maximum atomic E-state index is 11.5. The molecule has 1 saturated heterocycles. The predicted molar refractivity (Wildman–Crippen MR) is 64.0 cm³/mol. The highest BCUT2D eigenvalue weighted by Crippen LogP contribution is 2.06. The molecule has 1 aliphatic heterocycles. The van der Waals surface area contributed by atoms with E-state index in [9.17, 15) is 9.59 Å². The molecule has 1 heterocycles. The second-order valence-corrected chi connectivity index (χ2v) is 4.35. The van der Waals surface area contributed by atoms with Crippen molar-refractivity contribution in [2.45, 2.75) is 19.3 Å². The SMILES string of the molecule is CN(CCN1CCCC1)C(=O)NCCC(=O)O. The zero-order chi connectivity index (χ0) is 12.7. The summed E-state index contributed by atoms with van der Waals surface area (Å²) in [7, 11) is 1.73. The van der Waals surface area contributed by atoms with Gasteiger partial charge in [-0.2, -0.15) is 0 Å². The lowest BCUT2D eigenvalue weighted by atomic mass is 10.4. The van der Waals surface area contributed by atoms with Crippen LogP contribution < -0.4 is 5.32 Å². The van der Waals surface area contributed by atoms with E-state index in [4.69, 9.17) is 5.11 Å². The zero-order valence-corrected chi connectivity index (χ0v) is 10.3. The smallest absolute Gasteiger partial charge is 0.317 e. The summed E-state index contributed by atoms with van der Waals surface area (Å²) in [4.78, 5) is 25.7. The first-order valence-electron chi connectivity index (χ1n) is 6.02. The third kappa shape index (κ3) is 5.53. The number of likely N-dealkylation sites (tertiary alicyclic amines) is 1. The minimum atomic E-state index is -0.898. The number of carbonyl (C=O) groups is 2. The van der Waals surface area contributed by atoms with E-state index in [0.29, 0.717) is 6.54 Å². The molecule has 1 rings (SSSR count). The molecule has 0 radical (unpaired) electrons. The van der Waals surface area contributed by atoms with Crippen LogP contribution in [0.4, 0.5) is 4.79 Å². The van der Waals surface area contributed by atoms with Crippen LogP contribution in [0.1, 0.15) is 19.3 Å². The Hall–Kier alpha value is -1.30. The molecular weight excluding hydrogens is 222 g/mol. The van der Waals surface area contributed by atoms with E-state index in [0.717, 1.165) is 19.6 Å². The predicted octanol–water partition coefficient (Wildman–Crippen LogP) is 0.198. The molecule has 2 N–H and O–H groups in total. The van der Waals surface area contributed by atoms with Gasteiger partial charge in [0.25, 0.3) is 0 Å². The number of amides is 2. The van der Waals surface area contributed by atoms with Crippen molar-refractivity contribution < 1.29 is 14.7 Å². The lowest BCUT2D eigenvalue weighted by molar-refractivity contribution is -0.136. The molecule has 0 saturated carbocycles. The van der Waals surface area contributed by atoms with Crippen molar-refractivity contribution in [2.75, 3.05) is 39.8 Å². The first-order chi connectivity index (χ1) is 8.09. The van der Waals surface area contributed by atoms with Gasteiger partial charge in [-0.05, 0) is 25.9 Å². The number of hydrogen-bond donors (Lipinski definition) is 2. The third-order valence-corrected chi connectivity index (χ3v) is 2.91. The van der Waals surface area contributed by atoms with E-state index in [2.05, 4.69) is 10.2 Å². The van der Waals surface area contributed by atoms with Crippen molar-refractivity contribution in [3.05, 3.63) is 0 Å². The number of likely N-dealkylation sites (N-methyl/N-ethyl adjacent to an activating group) is 1. The molecule has 0 aromatic heterocycles. The summed E-state index contributed by atoms with van der Waals surface area (Å²) >= 11 is 0. The van der Waals surface area contributed by atoms with Gasteiger partial charge in [0.15, 0.2) is 0 Å². The third-order valence-electron chi connectivity index (χ3n) is 2.91. The van der Waals surface area contributed by atoms with Crippen LogP contribution >= 0.6 is 0 Å². The number of hydrogen-bond acceptors (Lipinski definition) is 3. The number of carbonyl (C=O) groups excluding carboxylic acids is 1. The van der Waals surface area contributed by atoms with Crippen LogP contribution in [0.3, 0.4) is 0 Å². The molecule has 0 aliphatic carbocycles. The van der Waals surface area contributed by atoms with Gasteiger partial charge in [0.1, 0.15) is 0 Å². The van der Waals surface area contributed by atoms with Crippen LogP contribution in [0.2, 0.25) is 0 Å². The Balaban J connectivity index is 2.10. The van der Waals surface area contributed by atoms with Crippen molar-refractivity contribution in [3.63, 3.8) is 0 Å². The van der Waals surface area contributed by atoms with Crippen LogP contribution in [-0.4, -0.2) is 66.7 Å². The molecule has 6 nitrogen and oxygen atoms in total. The molecule has 0 unspecified atom stereocenters. The average Bonchev–Trinajstić information content (AvgIpc) is 2.78. The molecule has 98 valence electrons. The highest BCUT2D eigenvalue weighted by Gasteiger charge is 2.14. The number of carboxylic acid groups (broad SMARTS) is 1. The normalized spacial score (nSPS) is 15.8. The fourth-order valence-electron chi connectivity index (χ4n) is 1.81. The van der Waals surface area contributed by atoms with Gasteiger partial charge in [0.2, 0.25) is 0 Å². The van der Waals surface area contributed by atoms with Gasteiger partial charge >= 0.3 is 12.0 Å². The van der Waals surface area contributed by atoms with Crippen molar-refractivity contribution >= 4 is 12.0 Å². The summed E-state index contributed by atoms with van der Waals surface area (Å²) in [5.41, 5.74) is 0. The Morgan fingerprint density at radius 3 is 2.59 bits per heavy atom. The first kappa shape index (κ1) is 13.8. The quantitative estimate of drug-likeness (QED) is 0.699. The van der Waals surface area contributed by atoms with Crippen LogP contribution in [0.5, 0.6) is 0 Å². The van der Waals surface area contributed by atoms with Gasteiger partial charge in [-0.1, -0.05) is 0 Å². The minimum absolute atomic E-state index is 0.0360. The molecule has 1 aliphatic rings. The molecule has 0 aromatic rings. The monoisotopic (exact) mass is 243 g/mol.